The number of rotatable bonds is 15. The van der Waals surface area contributed by atoms with Crippen molar-refractivity contribution >= 4 is 5.97 Å². The summed E-state index contributed by atoms with van der Waals surface area (Å²) in [5.74, 6) is -0.342. The Morgan fingerprint density at radius 2 is 1.43 bits per heavy atom. The van der Waals surface area contributed by atoms with E-state index in [2.05, 4.69) is 6.92 Å². The Balaban J connectivity index is 2.17. The van der Waals surface area contributed by atoms with Crippen LogP contribution in [-0.4, -0.2) is 65.2 Å². The molecule has 166 valence electrons. The van der Waals surface area contributed by atoms with E-state index in [1.54, 1.807) is 0 Å². The summed E-state index contributed by atoms with van der Waals surface area (Å²) in [6.45, 7) is 4.30. The maximum absolute atomic E-state index is 11.9. The van der Waals surface area contributed by atoms with Gasteiger partial charge in [-0.25, -0.2) is 0 Å². The van der Waals surface area contributed by atoms with Gasteiger partial charge in [0.15, 0.2) is 6.29 Å². The molecule has 1 fully saturated rings. The molecule has 1 unspecified atom stereocenters. The second kappa shape index (κ2) is 15.2. The first-order valence-electron chi connectivity index (χ1n) is 11.0. The standard InChI is InChI=1S/C21H40O7/c1-3-5-6-7-8-9-10-11-12-13-17(22)27-15-16-18(23)19(24)20(25)21(28-16)26-14-4-2/h16,18-21,23-25H,3-15H2,1-2H3/t16-,18-,19+,20-,21?/m1/s1. The molecular formula is C21H40O7. The van der Waals surface area contributed by atoms with Crippen LogP contribution in [0.25, 0.3) is 0 Å². The number of hydrogen-bond acceptors (Lipinski definition) is 7. The average Bonchev–Trinajstić information content (AvgIpc) is 2.69. The fraction of sp³-hybridized carbons (Fsp3) is 0.952. The van der Waals surface area contributed by atoms with Crippen LogP contribution in [0.4, 0.5) is 0 Å². The zero-order valence-corrected chi connectivity index (χ0v) is 17.6. The molecule has 0 bridgehead atoms. The normalized spacial score (nSPS) is 27.7. The summed E-state index contributed by atoms with van der Waals surface area (Å²) >= 11 is 0. The van der Waals surface area contributed by atoms with Crippen LogP contribution in [0.5, 0.6) is 0 Å². The lowest BCUT2D eigenvalue weighted by atomic mass is 9.99. The molecule has 0 aromatic rings. The van der Waals surface area contributed by atoms with Crippen LogP contribution >= 0.6 is 0 Å². The summed E-state index contributed by atoms with van der Waals surface area (Å²) < 4.78 is 16.0. The molecule has 7 heteroatoms. The smallest absolute Gasteiger partial charge is 0.305 e. The van der Waals surface area contributed by atoms with Gasteiger partial charge in [-0.05, 0) is 12.8 Å². The number of carbonyl (C=O) groups is 1. The molecule has 1 saturated heterocycles. The lowest BCUT2D eigenvalue weighted by Crippen LogP contribution is -2.59. The third-order valence-corrected chi connectivity index (χ3v) is 5.05. The van der Waals surface area contributed by atoms with Crippen molar-refractivity contribution in [3.63, 3.8) is 0 Å². The van der Waals surface area contributed by atoms with Gasteiger partial charge in [0, 0.05) is 13.0 Å². The highest BCUT2D eigenvalue weighted by atomic mass is 16.7. The van der Waals surface area contributed by atoms with E-state index >= 15 is 0 Å². The molecular weight excluding hydrogens is 364 g/mol. The lowest BCUT2D eigenvalue weighted by molar-refractivity contribution is -0.301. The van der Waals surface area contributed by atoms with Crippen LogP contribution < -0.4 is 0 Å². The van der Waals surface area contributed by atoms with Crippen molar-refractivity contribution in [1.82, 2.24) is 0 Å². The van der Waals surface area contributed by atoms with Crippen LogP contribution in [0.3, 0.4) is 0 Å². The minimum atomic E-state index is -1.41. The molecule has 0 radical (unpaired) electrons. The molecule has 1 aliphatic heterocycles. The zero-order valence-electron chi connectivity index (χ0n) is 17.6. The average molecular weight is 405 g/mol. The Morgan fingerprint density at radius 1 is 0.821 bits per heavy atom. The maximum atomic E-state index is 11.9. The van der Waals surface area contributed by atoms with E-state index in [0.717, 1.165) is 25.7 Å². The largest absolute Gasteiger partial charge is 0.463 e. The second-order valence-electron chi connectivity index (χ2n) is 7.65. The highest BCUT2D eigenvalue weighted by molar-refractivity contribution is 5.69. The van der Waals surface area contributed by atoms with Crippen LogP contribution in [0, 0.1) is 0 Å². The maximum Gasteiger partial charge on any atom is 0.305 e. The number of aliphatic hydroxyl groups is 3. The van der Waals surface area contributed by atoms with Gasteiger partial charge in [-0.2, -0.15) is 0 Å². The van der Waals surface area contributed by atoms with Crippen molar-refractivity contribution in [3.8, 4) is 0 Å². The molecule has 5 atom stereocenters. The Bertz CT molecular complexity index is 404. The summed E-state index contributed by atoms with van der Waals surface area (Å²) in [5.41, 5.74) is 0. The predicted octanol–water partition coefficient (Wildman–Crippen LogP) is 2.68. The van der Waals surface area contributed by atoms with Gasteiger partial charge >= 0.3 is 5.97 Å². The first-order chi connectivity index (χ1) is 13.5. The Hall–Kier alpha value is -0.730. The molecule has 1 heterocycles. The van der Waals surface area contributed by atoms with E-state index in [1.807, 2.05) is 6.92 Å². The third kappa shape index (κ3) is 9.65. The van der Waals surface area contributed by atoms with Crippen molar-refractivity contribution < 1.29 is 34.3 Å². The minimum Gasteiger partial charge on any atom is -0.463 e. The van der Waals surface area contributed by atoms with Crippen molar-refractivity contribution in [3.05, 3.63) is 0 Å². The van der Waals surface area contributed by atoms with E-state index in [0.29, 0.717) is 13.0 Å². The number of ether oxygens (including phenoxy) is 3. The molecule has 0 amide bonds. The van der Waals surface area contributed by atoms with Crippen molar-refractivity contribution in [2.75, 3.05) is 13.2 Å². The first-order valence-corrected chi connectivity index (χ1v) is 11.0. The number of aliphatic hydroxyl groups excluding tert-OH is 3. The topological polar surface area (TPSA) is 105 Å². The molecule has 1 rings (SSSR count). The monoisotopic (exact) mass is 404 g/mol. The summed E-state index contributed by atoms with van der Waals surface area (Å²) in [6.07, 6.45) is 5.58. The van der Waals surface area contributed by atoms with Crippen molar-refractivity contribution in [1.29, 1.82) is 0 Å². The molecule has 0 aromatic carbocycles. The van der Waals surface area contributed by atoms with Crippen LogP contribution in [-0.2, 0) is 19.0 Å². The fourth-order valence-corrected chi connectivity index (χ4v) is 3.25. The molecule has 7 nitrogen and oxygen atoms in total. The van der Waals surface area contributed by atoms with Crippen LogP contribution in [0.2, 0.25) is 0 Å². The predicted molar refractivity (Wildman–Crippen MR) is 106 cm³/mol. The SMILES string of the molecule is CCCCCCCCCCCC(=O)OC[C@H]1OC(OCCC)[C@H](O)[C@@H](O)[C@@H]1O. The van der Waals surface area contributed by atoms with Gasteiger partial charge in [-0.1, -0.05) is 65.2 Å². The minimum absolute atomic E-state index is 0.173. The molecule has 0 saturated carbocycles. The van der Waals surface area contributed by atoms with E-state index < -0.39 is 30.7 Å². The van der Waals surface area contributed by atoms with Gasteiger partial charge in [0.25, 0.3) is 0 Å². The third-order valence-electron chi connectivity index (χ3n) is 5.05. The Kier molecular flexibility index (Phi) is 13.7. The van der Waals surface area contributed by atoms with E-state index in [4.69, 9.17) is 14.2 Å². The fourth-order valence-electron chi connectivity index (χ4n) is 3.25. The number of carbonyl (C=O) groups excluding carboxylic acids is 1. The highest BCUT2D eigenvalue weighted by Gasteiger charge is 2.44. The van der Waals surface area contributed by atoms with Gasteiger partial charge in [0.2, 0.25) is 0 Å². The van der Waals surface area contributed by atoms with Gasteiger partial charge in [0.05, 0.1) is 0 Å². The number of esters is 1. The van der Waals surface area contributed by atoms with E-state index in [1.165, 1.54) is 38.5 Å². The molecule has 28 heavy (non-hydrogen) atoms. The summed E-state index contributed by atoms with van der Waals surface area (Å²) in [5, 5.41) is 29.9. The Morgan fingerprint density at radius 3 is 2.04 bits per heavy atom. The molecule has 3 N–H and O–H groups in total. The molecule has 1 aliphatic rings. The van der Waals surface area contributed by atoms with E-state index in [-0.39, 0.29) is 12.6 Å². The summed E-state index contributed by atoms with van der Waals surface area (Å²) in [6, 6.07) is 0. The van der Waals surface area contributed by atoms with Crippen LogP contribution in [0.1, 0.15) is 84.5 Å². The number of hydrogen-bond donors (Lipinski definition) is 3. The van der Waals surface area contributed by atoms with Crippen molar-refractivity contribution in [2.24, 2.45) is 0 Å². The first kappa shape index (κ1) is 25.3. The lowest BCUT2D eigenvalue weighted by Gasteiger charge is -2.39. The van der Waals surface area contributed by atoms with Gasteiger partial charge in [-0.15, -0.1) is 0 Å². The van der Waals surface area contributed by atoms with Gasteiger partial charge in [0.1, 0.15) is 31.0 Å². The molecule has 0 aliphatic carbocycles. The zero-order chi connectivity index (χ0) is 20.8. The van der Waals surface area contributed by atoms with Crippen molar-refractivity contribution in [2.45, 2.75) is 115 Å². The van der Waals surface area contributed by atoms with Crippen LogP contribution in [0.15, 0.2) is 0 Å². The second-order valence-corrected chi connectivity index (χ2v) is 7.65. The molecule has 0 spiro atoms. The highest BCUT2D eigenvalue weighted by Crippen LogP contribution is 2.22. The molecule has 0 aromatic heterocycles. The summed E-state index contributed by atoms with van der Waals surface area (Å²) in [4.78, 5) is 11.9. The number of unbranched alkanes of at least 4 members (excludes halogenated alkanes) is 8. The van der Waals surface area contributed by atoms with Gasteiger partial charge < -0.3 is 29.5 Å². The quantitative estimate of drug-likeness (QED) is 0.285. The van der Waals surface area contributed by atoms with E-state index in [9.17, 15) is 20.1 Å². The van der Waals surface area contributed by atoms with Gasteiger partial charge in [-0.3, -0.25) is 4.79 Å². The Labute approximate surface area is 169 Å². The summed E-state index contributed by atoms with van der Waals surface area (Å²) in [7, 11) is 0.